The van der Waals surface area contributed by atoms with E-state index in [-0.39, 0.29) is 17.8 Å². The largest absolute Gasteiger partial charge is 0.493 e. The number of benzene rings is 2. The van der Waals surface area contributed by atoms with Gasteiger partial charge in [0.25, 0.3) is 5.91 Å². The second-order valence-corrected chi connectivity index (χ2v) is 9.85. The minimum atomic E-state index is -3.38. The van der Waals surface area contributed by atoms with Gasteiger partial charge in [-0.1, -0.05) is 25.1 Å². The number of carbonyl (C=O) groups is 1. The number of ether oxygens (including phenoxy) is 2. The lowest BCUT2D eigenvalue weighted by molar-refractivity contribution is 0.0718. The first-order chi connectivity index (χ1) is 14.1. The minimum Gasteiger partial charge on any atom is -0.493 e. The summed E-state index contributed by atoms with van der Waals surface area (Å²) < 4.78 is 35.8. The Bertz CT molecular complexity index is 1050. The normalized spacial score (nSPS) is 15.6. The molecule has 162 valence electrons. The maximum atomic E-state index is 13.1. The van der Waals surface area contributed by atoms with Gasteiger partial charge in [-0.15, -0.1) is 0 Å². The van der Waals surface area contributed by atoms with Crippen molar-refractivity contribution in [2.24, 2.45) is 0 Å². The molecule has 0 aliphatic carbocycles. The lowest BCUT2D eigenvalue weighted by atomic mass is 10.1. The van der Waals surface area contributed by atoms with E-state index in [1.54, 1.807) is 42.3 Å². The lowest BCUT2D eigenvalue weighted by Crippen LogP contribution is -2.34. The van der Waals surface area contributed by atoms with Crippen LogP contribution in [-0.2, 0) is 16.4 Å². The molecule has 7 nitrogen and oxygen atoms in total. The summed E-state index contributed by atoms with van der Waals surface area (Å²) in [5.41, 5.74) is 8.32. The molecule has 0 saturated carbocycles. The Morgan fingerprint density at radius 3 is 2.53 bits per heavy atom. The molecule has 2 atom stereocenters. The van der Waals surface area contributed by atoms with Crippen LogP contribution in [0.25, 0.3) is 0 Å². The van der Waals surface area contributed by atoms with Crippen molar-refractivity contribution in [3.8, 4) is 11.5 Å². The molecule has 1 aliphatic heterocycles. The molecule has 0 aromatic heterocycles. The molecule has 3 rings (SSSR count). The number of methoxy groups -OCH3 is 1. The molecule has 1 heterocycles. The van der Waals surface area contributed by atoms with E-state index in [0.717, 1.165) is 12.0 Å². The highest BCUT2D eigenvalue weighted by Crippen LogP contribution is 2.38. The number of nitrogens with two attached hydrogens (primary N) is 1. The Kier molecular flexibility index (Phi) is 6.26. The molecule has 0 bridgehead atoms. The summed E-state index contributed by atoms with van der Waals surface area (Å²) in [4.78, 5) is 14.7. The summed E-state index contributed by atoms with van der Waals surface area (Å²) in [7, 11) is -1.83. The van der Waals surface area contributed by atoms with E-state index >= 15 is 0 Å². The topological polar surface area (TPSA) is 98.9 Å². The highest BCUT2D eigenvalue weighted by molar-refractivity contribution is 7.90. The Balaban J connectivity index is 2.05. The van der Waals surface area contributed by atoms with Crippen LogP contribution in [0.1, 0.15) is 47.8 Å². The summed E-state index contributed by atoms with van der Waals surface area (Å²) in [6.07, 6.45) is 1.93. The molecule has 0 radical (unpaired) electrons. The third-order valence-corrected chi connectivity index (χ3v) is 6.23. The van der Waals surface area contributed by atoms with E-state index in [2.05, 4.69) is 0 Å². The number of hydrogen-bond acceptors (Lipinski definition) is 6. The van der Waals surface area contributed by atoms with Crippen molar-refractivity contribution in [3.63, 3.8) is 0 Å². The summed E-state index contributed by atoms with van der Waals surface area (Å²) >= 11 is 0. The van der Waals surface area contributed by atoms with E-state index in [9.17, 15) is 13.2 Å². The molecular weight excluding hydrogens is 404 g/mol. The van der Waals surface area contributed by atoms with Gasteiger partial charge in [-0.05, 0) is 42.7 Å². The molecule has 0 spiro atoms. The smallest absolute Gasteiger partial charge is 0.257 e. The van der Waals surface area contributed by atoms with Crippen molar-refractivity contribution in [2.75, 3.05) is 24.9 Å². The average Bonchev–Trinajstić information content (AvgIpc) is 3.03. The average molecular weight is 433 g/mol. The number of fused-ring (bicyclic) bond motifs is 1. The third-order valence-electron chi connectivity index (χ3n) is 5.31. The van der Waals surface area contributed by atoms with Crippen molar-refractivity contribution in [1.82, 2.24) is 4.90 Å². The molecule has 2 aromatic carbocycles. The minimum absolute atomic E-state index is 0.0417. The quantitative estimate of drug-likeness (QED) is 0.643. The van der Waals surface area contributed by atoms with E-state index < -0.39 is 15.9 Å². The molecule has 8 heteroatoms. The zero-order valence-corrected chi connectivity index (χ0v) is 18.5. The van der Waals surface area contributed by atoms with Crippen molar-refractivity contribution >= 4 is 21.4 Å². The summed E-state index contributed by atoms with van der Waals surface area (Å²) in [6, 6.07) is 9.92. The van der Waals surface area contributed by atoms with Gasteiger partial charge < -0.3 is 20.1 Å². The van der Waals surface area contributed by atoms with Crippen molar-refractivity contribution in [3.05, 3.63) is 53.1 Å². The molecule has 1 amide bonds. The number of nitrogens with zero attached hydrogens (tertiary/aromatic N) is 1. The van der Waals surface area contributed by atoms with Crippen LogP contribution in [-0.4, -0.2) is 44.4 Å². The molecule has 30 heavy (non-hydrogen) atoms. The zero-order chi connectivity index (χ0) is 22.1. The number of carbonyl (C=O) groups excluding carboxylic acids is 1. The first-order valence-corrected chi connectivity index (χ1v) is 11.9. The van der Waals surface area contributed by atoms with Gasteiger partial charge >= 0.3 is 0 Å². The van der Waals surface area contributed by atoms with E-state index in [0.29, 0.717) is 34.9 Å². The number of anilines is 1. The number of sulfone groups is 1. The molecule has 2 aromatic rings. The van der Waals surface area contributed by atoms with Crippen LogP contribution in [0.4, 0.5) is 5.69 Å². The molecule has 0 fully saturated rings. The van der Waals surface area contributed by atoms with Crippen LogP contribution < -0.4 is 15.2 Å². The predicted molar refractivity (Wildman–Crippen MR) is 117 cm³/mol. The summed E-state index contributed by atoms with van der Waals surface area (Å²) in [5.74, 6) is 0.600. The first kappa shape index (κ1) is 22.0. The standard InChI is InChI=1S/C22H28N2O5S/c1-5-14(2)29-20-11-15(9-10-19(20)28-3)18(13-30(4,26)27)24-12-16-7-6-8-17(23)21(16)22(24)25/h6-11,14,18H,5,12-13,23H2,1-4H3. The maximum Gasteiger partial charge on any atom is 0.257 e. The highest BCUT2D eigenvalue weighted by atomic mass is 32.2. The third kappa shape index (κ3) is 4.53. The second-order valence-electron chi connectivity index (χ2n) is 7.67. The zero-order valence-electron chi connectivity index (χ0n) is 17.7. The van der Waals surface area contributed by atoms with Gasteiger partial charge in [-0.2, -0.15) is 0 Å². The number of amides is 1. The van der Waals surface area contributed by atoms with Crippen LogP contribution in [0.3, 0.4) is 0 Å². The SMILES string of the molecule is CCC(C)Oc1cc(C(CS(C)(=O)=O)N2Cc3cccc(N)c3C2=O)ccc1OC. The van der Waals surface area contributed by atoms with Crippen LogP contribution in [0.2, 0.25) is 0 Å². The molecule has 2 unspecified atom stereocenters. The number of rotatable bonds is 8. The molecular formula is C22H28N2O5S. The first-order valence-electron chi connectivity index (χ1n) is 9.85. The van der Waals surface area contributed by atoms with E-state index in [1.165, 1.54) is 6.26 Å². The second kappa shape index (κ2) is 8.55. The van der Waals surface area contributed by atoms with Gasteiger partial charge in [0.2, 0.25) is 0 Å². The van der Waals surface area contributed by atoms with Gasteiger partial charge in [0, 0.05) is 18.5 Å². The fourth-order valence-electron chi connectivity index (χ4n) is 3.61. The summed E-state index contributed by atoms with van der Waals surface area (Å²) in [6.45, 7) is 4.26. The monoisotopic (exact) mass is 432 g/mol. The van der Waals surface area contributed by atoms with E-state index in [1.807, 2.05) is 19.9 Å². The van der Waals surface area contributed by atoms with Crippen molar-refractivity contribution in [2.45, 2.75) is 39.0 Å². The van der Waals surface area contributed by atoms with Crippen LogP contribution in [0, 0.1) is 0 Å². The number of nitrogen functional groups attached to an aromatic ring is 1. The highest BCUT2D eigenvalue weighted by Gasteiger charge is 2.36. The van der Waals surface area contributed by atoms with Gasteiger partial charge in [0.05, 0.1) is 30.6 Å². The molecule has 0 saturated heterocycles. The fraction of sp³-hybridized carbons (Fsp3) is 0.409. The maximum absolute atomic E-state index is 13.1. The van der Waals surface area contributed by atoms with Crippen LogP contribution >= 0.6 is 0 Å². The Labute approximate surface area is 177 Å². The Morgan fingerprint density at radius 2 is 1.93 bits per heavy atom. The van der Waals surface area contributed by atoms with E-state index in [4.69, 9.17) is 15.2 Å². The summed E-state index contributed by atoms with van der Waals surface area (Å²) in [5, 5.41) is 0. The Morgan fingerprint density at radius 1 is 1.20 bits per heavy atom. The van der Waals surface area contributed by atoms with Crippen LogP contribution in [0.5, 0.6) is 11.5 Å². The lowest BCUT2D eigenvalue weighted by Gasteiger charge is -2.28. The van der Waals surface area contributed by atoms with Crippen LogP contribution in [0.15, 0.2) is 36.4 Å². The van der Waals surface area contributed by atoms with Crippen molar-refractivity contribution < 1.29 is 22.7 Å². The number of hydrogen-bond donors (Lipinski definition) is 1. The van der Waals surface area contributed by atoms with Gasteiger partial charge in [-0.25, -0.2) is 8.42 Å². The predicted octanol–water partition coefficient (Wildman–Crippen LogP) is 3.20. The van der Waals surface area contributed by atoms with Crippen molar-refractivity contribution in [1.29, 1.82) is 0 Å². The molecule has 1 aliphatic rings. The fourth-order valence-corrected chi connectivity index (χ4v) is 4.55. The Hall–Kier alpha value is -2.74. The van der Waals surface area contributed by atoms with Gasteiger partial charge in [0.15, 0.2) is 11.5 Å². The molecule has 2 N–H and O–H groups in total. The van der Waals surface area contributed by atoms with Gasteiger partial charge in [0.1, 0.15) is 9.84 Å². The van der Waals surface area contributed by atoms with Gasteiger partial charge in [-0.3, -0.25) is 4.79 Å².